The number of alkyl halides is 3. The second kappa shape index (κ2) is 5.85. The standard InChI is InChI=1S/C16H12F3NO4S/c1-15(23,16(17,18)19)14(22)20-9-2-3-11-10(6-9)12(21)13-8(7-24-11)4-5-25-13/h2-6,23H,7H2,1H3,(H,20,22). The van der Waals surface area contributed by atoms with Crippen LogP contribution in [0.2, 0.25) is 0 Å². The van der Waals surface area contributed by atoms with Crippen LogP contribution < -0.4 is 10.1 Å². The molecule has 9 heteroatoms. The van der Waals surface area contributed by atoms with E-state index >= 15 is 0 Å². The fraction of sp³-hybridized carbons (Fsp3) is 0.250. The van der Waals surface area contributed by atoms with E-state index in [2.05, 4.69) is 0 Å². The molecule has 0 aliphatic carbocycles. The van der Waals surface area contributed by atoms with Crippen molar-refractivity contribution >= 4 is 28.7 Å². The van der Waals surface area contributed by atoms with E-state index in [-0.39, 0.29) is 29.4 Å². The number of amides is 1. The van der Waals surface area contributed by atoms with Crippen LogP contribution in [-0.4, -0.2) is 28.6 Å². The molecule has 1 atom stereocenters. The molecule has 0 fully saturated rings. The Morgan fingerprint density at radius 3 is 2.72 bits per heavy atom. The predicted molar refractivity (Wildman–Crippen MR) is 83.8 cm³/mol. The van der Waals surface area contributed by atoms with Crippen LogP contribution in [0.25, 0.3) is 0 Å². The molecule has 2 N–H and O–H groups in total. The number of carbonyl (C=O) groups excluding carboxylic acids is 2. The van der Waals surface area contributed by atoms with E-state index in [1.54, 1.807) is 11.4 Å². The summed E-state index contributed by atoms with van der Waals surface area (Å²) in [4.78, 5) is 24.8. The number of aliphatic hydroxyl groups is 1. The van der Waals surface area contributed by atoms with E-state index in [1.807, 2.05) is 5.32 Å². The molecule has 1 aromatic carbocycles. The molecule has 1 aliphatic rings. The Bertz CT molecular complexity index is 857. The van der Waals surface area contributed by atoms with Gasteiger partial charge in [-0.1, -0.05) is 0 Å². The number of nitrogens with one attached hydrogen (secondary N) is 1. The summed E-state index contributed by atoms with van der Waals surface area (Å²) in [7, 11) is 0. The number of thiophene rings is 1. The van der Waals surface area contributed by atoms with Crippen LogP contribution in [0.3, 0.4) is 0 Å². The summed E-state index contributed by atoms with van der Waals surface area (Å²) < 4.78 is 43.7. The van der Waals surface area contributed by atoms with E-state index < -0.39 is 17.7 Å². The molecule has 2 heterocycles. The molecule has 132 valence electrons. The van der Waals surface area contributed by atoms with E-state index in [4.69, 9.17) is 4.74 Å². The lowest BCUT2D eigenvalue weighted by molar-refractivity contribution is -0.242. The Balaban J connectivity index is 1.91. The van der Waals surface area contributed by atoms with Gasteiger partial charge in [-0.25, -0.2) is 0 Å². The smallest absolute Gasteiger partial charge is 0.426 e. The van der Waals surface area contributed by atoms with Crippen molar-refractivity contribution in [2.75, 3.05) is 5.32 Å². The summed E-state index contributed by atoms with van der Waals surface area (Å²) in [6, 6.07) is 5.68. The minimum absolute atomic E-state index is 0.0507. The van der Waals surface area contributed by atoms with Crippen LogP contribution in [0, 0.1) is 0 Å². The van der Waals surface area contributed by atoms with Crippen molar-refractivity contribution in [3.8, 4) is 5.75 Å². The van der Waals surface area contributed by atoms with Gasteiger partial charge >= 0.3 is 6.18 Å². The minimum Gasteiger partial charge on any atom is -0.488 e. The van der Waals surface area contributed by atoms with Crippen LogP contribution in [0.15, 0.2) is 29.6 Å². The highest BCUT2D eigenvalue weighted by atomic mass is 32.1. The monoisotopic (exact) mass is 371 g/mol. The lowest BCUT2D eigenvalue weighted by Gasteiger charge is -2.25. The van der Waals surface area contributed by atoms with Crippen LogP contribution in [0.5, 0.6) is 5.75 Å². The quantitative estimate of drug-likeness (QED) is 0.851. The maximum atomic E-state index is 12.7. The number of carbonyl (C=O) groups is 2. The Kier molecular flexibility index (Phi) is 4.08. The van der Waals surface area contributed by atoms with Crippen molar-refractivity contribution in [3.63, 3.8) is 0 Å². The Morgan fingerprint density at radius 1 is 1.32 bits per heavy atom. The number of halogens is 3. The molecule has 1 aromatic heterocycles. The third-order valence-electron chi connectivity index (χ3n) is 3.81. The summed E-state index contributed by atoms with van der Waals surface area (Å²) in [6.45, 7) is 0.560. The SMILES string of the molecule is CC(O)(C(=O)Nc1ccc2c(c1)C(=O)c1sccc1CO2)C(F)(F)F. The molecule has 0 saturated carbocycles. The zero-order chi connectivity index (χ0) is 18.4. The average molecular weight is 371 g/mol. The first-order chi connectivity index (χ1) is 11.6. The van der Waals surface area contributed by atoms with Gasteiger partial charge < -0.3 is 15.2 Å². The summed E-state index contributed by atoms with van der Waals surface area (Å²) >= 11 is 1.23. The van der Waals surface area contributed by atoms with Gasteiger partial charge in [-0.2, -0.15) is 13.2 Å². The van der Waals surface area contributed by atoms with E-state index in [0.29, 0.717) is 11.8 Å². The maximum absolute atomic E-state index is 12.7. The molecule has 25 heavy (non-hydrogen) atoms. The second-order valence-corrected chi connectivity index (χ2v) is 6.54. The molecule has 0 bridgehead atoms. The molecule has 1 aliphatic heterocycles. The molecule has 3 rings (SSSR count). The summed E-state index contributed by atoms with van der Waals surface area (Å²) in [5, 5.41) is 13.1. The van der Waals surface area contributed by atoms with Crippen molar-refractivity contribution in [2.24, 2.45) is 0 Å². The molecule has 2 aromatic rings. The average Bonchev–Trinajstić information content (AvgIpc) is 2.95. The lowest BCUT2D eigenvalue weighted by atomic mass is 10.0. The Hall–Kier alpha value is -2.39. The number of fused-ring (bicyclic) bond motifs is 2. The first kappa shape index (κ1) is 17.4. The van der Waals surface area contributed by atoms with Crippen molar-refractivity contribution in [2.45, 2.75) is 25.3 Å². The van der Waals surface area contributed by atoms with Gasteiger partial charge in [-0.3, -0.25) is 9.59 Å². The Morgan fingerprint density at radius 2 is 2.04 bits per heavy atom. The molecular formula is C16H12F3NO4S. The fourth-order valence-corrected chi connectivity index (χ4v) is 3.08. The highest BCUT2D eigenvalue weighted by Crippen LogP contribution is 2.34. The van der Waals surface area contributed by atoms with E-state index in [9.17, 15) is 27.9 Å². The summed E-state index contributed by atoms with van der Waals surface area (Å²) in [5.41, 5.74) is -2.76. The van der Waals surface area contributed by atoms with E-state index in [0.717, 1.165) is 5.56 Å². The van der Waals surface area contributed by atoms with Crippen molar-refractivity contribution in [1.82, 2.24) is 0 Å². The second-order valence-electron chi connectivity index (χ2n) is 5.63. The van der Waals surface area contributed by atoms with Crippen molar-refractivity contribution in [1.29, 1.82) is 0 Å². The van der Waals surface area contributed by atoms with Gasteiger partial charge in [-0.15, -0.1) is 11.3 Å². The zero-order valence-corrected chi connectivity index (χ0v) is 13.6. The number of ether oxygens (including phenoxy) is 1. The first-order valence-electron chi connectivity index (χ1n) is 7.10. The number of rotatable bonds is 2. The van der Waals surface area contributed by atoms with Crippen molar-refractivity contribution < 1.29 is 32.6 Å². The van der Waals surface area contributed by atoms with Crippen LogP contribution in [-0.2, 0) is 11.4 Å². The molecule has 5 nitrogen and oxygen atoms in total. The molecule has 0 spiro atoms. The van der Waals surface area contributed by atoms with Crippen LogP contribution in [0.1, 0.15) is 27.7 Å². The number of hydrogen-bond donors (Lipinski definition) is 2. The van der Waals surface area contributed by atoms with Gasteiger partial charge in [0.2, 0.25) is 11.4 Å². The third kappa shape index (κ3) is 3.00. The topological polar surface area (TPSA) is 75.6 Å². The van der Waals surface area contributed by atoms with Crippen LogP contribution >= 0.6 is 11.3 Å². The number of benzene rings is 1. The fourth-order valence-electron chi connectivity index (χ4n) is 2.22. The zero-order valence-electron chi connectivity index (χ0n) is 12.8. The van der Waals surface area contributed by atoms with Gasteiger partial charge in [0.05, 0.1) is 10.4 Å². The van der Waals surface area contributed by atoms with Gasteiger partial charge in [0.1, 0.15) is 12.4 Å². The lowest BCUT2D eigenvalue weighted by Crippen LogP contribution is -2.52. The number of anilines is 1. The molecule has 0 saturated heterocycles. The van der Waals surface area contributed by atoms with Gasteiger partial charge in [0.25, 0.3) is 5.91 Å². The molecule has 1 unspecified atom stereocenters. The van der Waals surface area contributed by atoms with Crippen molar-refractivity contribution in [3.05, 3.63) is 45.6 Å². The number of ketones is 1. The number of hydrogen-bond acceptors (Lipinski definition) is 5. The predicted octanol–water partition coefficient (Wildman–Crippen LogP) is 3.12. The minimum atomic E-state index is -5.13. The highest BCUT2D eigenvalue weighted by Gasteiger charge is 2.55. The first-order valence-corrected chi connectivity index (χ1v) is 7.97. The molecule has 0 radical (unpaired) electrons. The maximum Gasteiger partial charge on any atom is 0.426 e. The Labute approximate surface area is 144 Å². The van der Waals surface area contributed by atoms with Gasteiger partial charge in [0.15, 0.2) is 0 Å². The van der Waals surface area contributed by atoms with E-state index in [1.165, 1.54) is 29.5 Å². The molecular weight excluding hydrogens is 359 g/mol. The van der Waals surface area contributed by atoms with Crippen LogP contribution in [0.4, 0.5) is 18.9 Å². The van der Waals surface area contributed by atoms with Gasteiger partial charge in [-0.05, 0) is 36.6 Å². The van der Waals surface area contributed by atoms with Gasteiger partial charge in [0, 0.05) is 11.3 Å². The third-order valence-corrected chi connectivity index (χ3v) is 4.77. The summed E-state index contributed by atoms with van der Waals surface area (Å²) in [5.74, 6) is -1.70. The normalized spacial score (nSPS) is 16.1. The highest BCUT2D eigenvalue weighted by molar-refractivity contribution is 7.12. The molecule has 1 amide bonds. The summed E-state index contributed by atoms with van der Waals surface area (Å²) in [6.07, 6.45) is -5.13. The largest absolute Gasteiger partial charge is 0.488 e.